The zero-order chi connectivity index (χ0) is 14.5. The van der Waals surface area contributed by atoms with Crippen LogP contribution in [0.1, 0.15) is 36.7 Å². The van der Waals surface area contributed by atoms with Crippen molar-refractivity contribution in [2.75, 3.05) is 6.61 Å². The van der Waals surface area contributed by atoms with Gasteiger partial charge in [0, 0.05) is 18.8 Å². The summed E-state index contributed by atoms with van der Waals surface area (Å²) in [7, 11) is 0. The number of aliphatic hydroxyl groups excluding tert-OH is 1. The first-order valence-corrected chi connectivity index (χ1v) is 7.29. The molecule has 0 fully saturated rings. The molecule has 1 heterocycles. The maximum absolute atomic E-state index is 9.58. The third-order valence-electron chi connectivity index (χ3n) is 3.59. The number of aromatic nitrogens is 2. The summed E-state index contributed by atoms with van der Waals surface area (Å²) in [6.45, 7) is 6.52. The number of aryl methyl sites for hydroxylation is 1. The molecule has 1 N–H and O–H groups in total. The van der Waals surface area contributed by atoms with Crippen LogP contribution in [-0.4, -0.2) is 21.5 Å². The van der Waals surface area contributed by atoms with Crippen LogP contribution >= 0.6 is 0 Å². The molecule has 0 aliphatic rings. The zero-order valence-corrected chi connectivity index (χ0v) is 12.6. The van der Waals surface area contributed by atoms with Crippen LogP contribution in [0.3, 0.4) is 0 Å². The topological polar surface area (TPSA) is 38.0 Å². The van der Waals surface area contributed by atoms with Gasteiger partial charge in [-0.2, -0.15) is 5.10 Å². The average molecular weight is 272 g/mol. The molecule has 1 atom stereocenters. The Hall–Kier alpha value is -1.61. The summed E-state index contributed by atoms with van der Waals surface area (Å²) in [6, 6.07) is 11.0. The lowest BCUT2D eigenvalue weighted by Crippen LogP contribution is -2.14. The number of hydrogen-bond donors (Lipinski definition) is 1. The van der Waals surface area contributed by atoms with E-state index in [-0.39, 0.29) is 12.5 Å². The van der Waals surface area contributed by atoms with Crippen molar-refractivity contribution in [3.63, 3.8) is 0 Å². The highest BCUT2D eigenvalue weighted by atomic mass is 16.3. The number of rotatable bonds is 6. The van der Waals surface area contributed by atoms with Crippen molar-refractivity contribution in [3.05, 3.63) is 53.3 Å². The lowest BCUT2D eigenvalue weighted by molar-refractivity contribution is 0.224. The van der Waals surface area contributed by atoms with E-state index in [0.717, 1.165) is 18.5 Å². The van der Waals surface area contributed by atoms with Crippen molar-refractivity contribution in [1.82, 2.24) is 9.78 Å². The summed E-state index contributed by atoms with van der Waals surface area (Å²) < 4.78 is 1.97. The molecule has 1 aromatic heterocycles. The van der Waals surface area contributed by atoms with Crippen LogP contribution in [0.5, 0.6) is 0 Å². The summed E-state index contributed by atoms with van der Waals surface area (Å²) in [6.07, 6.45) is 3.73. The Labute approximate surface area is 121 Å². The van der Waals surface area contributed by atoms with Crippen LogP contribution in [-0.2, 0) is 12.8 Å². The van der Waals surface area contributed by atoms with Crippen LogP contribution in [0, 0.1) is 12.8 Å². The second kappa shape index (κ2) is 6.71. The molecule has 0 aliphatic heterocycles. The van der Waals surface area contributed by atoms with E-state index in [1.807, 2.05) is 10.9 Å². The van der Waals surface area contributed by atoms with Gasteiger partial charge in [-0.15, -0.1) is 0 Å². The number of aliphatic hydroxyl groups is 1. The first-order chi connectivity index (χ1) is 9.58. The summed E-state index contributed by atoms with van der Waals surface area (Å²) in [4.78, 5) is 0. The smallest absolute Gasteiger partial charge is 0.0628 e. The van der Waals surface area contributed by atoms with Crippen LogP contribution in [0.15, 0.2) is 36.5 Å². The van der Waals surface area contributed by atoms with E-state index in [1.165, 1.54) is 11.1 Å². The van der Waals surface area contributed by atoms with Crippen molar-refractivity contribution in [2.45, 2.75) is 39.7 Å². The van der Waals surface area contributed by atoms with E-state index in [4.69, 9.17) is 0 Å². The van der Waals surface area contributed by atoms with Crippen LogP contribution < -0.4 is 0 Å². The molecular formula is C17H24N2O. The van der Waals surface area contributed by atoms with Gasteiger partial charge in [-0.25, -0.2) is 0 Å². The standard InChI is InChI=1S/C17H24N2O/c1-13(2)19-9-8-17(18-19)11-16(12-20)10-15-6-4-14(3)5-7-15/h4-9,13,16,20H,10-12H2,1-3H3. The van der Waals surface area contributed by atoms with E-state index < -0.39 is 0 Å². The van der Waals surface area contributed by atoms with Crippen LogP contribution in [0.25, 0.3) is 0 Å². The van der Waals surface area contributed by atoms with E-state index in [1.54, 1.807) is 0 Å². The molecule has 108 valence electrons. The summed E-state index contributed by atoms with van der Waals surface area (Å²) in [5.41, 5.74) is 3.60. The molecule has 1 unspecified atom stereocenters. The van der Waals surface area contributed by atoms with Gasteiger partial charge in [-0.1, -0.05) is 29.8 Å². The third kappa shape index (κ3) is 3.94. The van der Waals surface area contributed by atoms with Gasteiger partial charge in [0.05, 0.1) is 5.69 Å². The monoisotopic (exact) mass is 272 g/mol. The Bertz CT molecular complexity index is 528. The Morgan fingerprint density at radius 1 is 1.10 bits per heavy atom. The van der Waals surface area contributed by atoms with Gasteiger partial charge in [0.1, 0.15) is 0 Å². The van der Waals surface area contributed by atoms with Crippen LogP contribution in [0.2, 0.25) is 0 Å². The molecule has 0 amide bonds. The summed E-state index contributed by atoms with van der Waals surface area (Å²) in [5.74, 6) is 0.230. The van der Waals surface area contributed by atoms with E-state index in [0.29, 0.717) is 6.04 Å². The minimum atomic E-state index is 0.197. The minimum Gasteiger partial charge on any atom is -0.396 e. The highest BCUT2D eigenvalue weighted by molar-refractivity contribution is 5.22. The molecule has 3 heteroatoms. The highest BCUT2D eigenvalue weighted by Crippen LogP contribution is 2.15. The second-order valence-electron chi connectivity index (χ2n) is 5.82. The van der Waals surface area contributed by atoms with Crippen LogP contribution in [0.4, 0.5) is 0 Å². The van der Waals surface area contributed by atoms with Crippen molar-refractivity contribution in [2.24, 2.45) is 5.92 Å². The fraction of sp³-hybridized carbons (Fsp3) is 0.471. The third-order valence-corrected chi connectivity index (χ3v) is 3.59. The molecule has 20 heavy (non-hydrogen) atoms. The van der Waals surface area contributed by atoms with Gasteiger partial charge in [-0.3, -0.25) is 4.68 Å². The molecule has 0 spiro atoms. The number of nitrogens with zero attached hydrogens (tertiary/aromatic N) is 2. The van der Waals surface area contributed by atoms with E-state index in [2.05, 4.69) is 56.2 Å². The first-order valence-electron chi connectivity index (χ1n) is 7.29. The second-order valence-corrected chi connectivity index (χ2v) is 5.82. The lowest BCUT2D eigenvalue weighted by atomic mass is 9.95. The Balaban J connectivity index is 1.99. The number of hydrogen-bond acceptors (Lipinski definition) is 2. The summed E-state index contributed by atoms with van der Waals surface area (Å²) >= 11 is 0. The Kier molecular flexibility index (Phi) is 4.96. The molecule has 0 saturated heterocycles. The quantitative estimate of drug-likeness (QED) is 0.877. The van der Waals surface area contributed by atoms with Gasteiger partial charge in [0.2, 0.25) is 0 Å². The molecule has 0 radical (unpaired) electrons. The molecular weight excluding hydrogens is 248 g/mol. The van der Waals surface area contributed by atoms with Crippen molar-refractivity contribution >= 4 is 0 Å². The Morgan fingerprint density at radius 2 is 1.80 bits per heavy atom. The maximum atomic E-state index is 9.58. The Morgan fingerprint density at radius 3 is 2.35 bits per heavy atom. The van der Waals surface area contributed by atoms with Crippen molar-refractivity contribution in [1.29, 1.82) is 0 Å². The van der Waals surface area contributed by atoms with E-state index in [9.17, 15) is 5.11 Å². The van der Waals surface area contributed by atoms with Gasteiger partial charge in [0.25, 0.3) is 0 Å². The predicted octanol–water partition coefficient (Wildman–Crippen LogP) is 3.17. The molecule has 3 nitrogen and oxygen atoms in total. The normalized spacial score (nSPS) is 12.8. The molecule has 2 rings (SSSR count). The predicted molar refractivity (Wildman–Crippen MR) is 81.8 cm³/mol. The van der Waals surface area contributed by atoms with Gasteiger partial charge < -0.3 is 5.11 Å². The van der Waals surface area contributed by atoms with Gasteiger partial charge in [0.15, 0.2) is 0 Å². The first kappa shape index (κ1) is 14.8. The van der Waals surface area contributed by atoms with Gasteiger partial charge >= 0.3 is 0 Å². The average Bonchev–Trinajstić information content (AvgIpc) is 2.89. The number of benzene rings is 1. The van der Waals surface area contributed by atoms with Crippen molar-refractivity contribution in [3.8, 4) is 0 Å². The molecule has 0 aliphatic carbocycles. The summed E-state index contributed by atoms with van der Waals surface area (Å²) in [5, 5.41) is 14.1. The molecule has 0 saturated carbocycles. The maximum Gasteiger partial charge on any atom is 0.0628 e. The van der Waals surface area contributed by atoms with Crippen molar-refractivity contribution < 1.29 is 5.11 Å². The molecule has 0 bridgehead atoms. The van der Waals surface area contributed by atoms with Gasteiger partial charge in [-0.05, 0) is 51.2 Å². The van der Waals surface area contributed by atoms with E-state index >= 15 is 0 Å². The fourth-order valence-electron chi connectivity index (χ4n) is 2.33. The highest BCUT2D eigenvalue weighted by Gasteiger charge is 2.12. The minimum absolute atomic E-state index is 0.197. The zero-order valence-electron chi connectivity index (χ0n) is 12.6. The SMILES string of the molecule is Cc1ccc(CC(CO)Cc2ccn(C(C)C)n2)cc1. The molecule has 2 aromatic rings. The molecule has 1 aromatic carbocycles. The lowest BCUT2D eigenvalue weighted by Gasteiger charge is -2.13. The largest absolute Gasteiger partial charge is 0.396 e. The fourth-order valence-corrected chi connectivity index (χ4v) is 2.33.